The second-order valence-corrected chi connectivity index (χ2v) is 4.28. The van der Waals surface area contributed by atoms with Crippen molar-refractivity contribution in [3.8, 4) is 0 Å². The Morgan fingerprint density at radius 3 is 3.08 bits per heavy atom. The lowest BCUT2D eigenvalue weighted by Crippen LogP contribution is -2.43. The molecule has 2 nitrogen and oxygen atoms in total. The lowest BCUT2D eigenvalue weighted by Gasteiger charge is -2.38. The van der Waals surface area contributed by atoms with Gasteiger partial charge in [0.2, 0.25) is 0 Å². The third kappa shape index (κ3) is 1.40. The van der Waals surface area contributed by atoms with Gasteiger partial charge in [-0.15, -0.1) is 0 Å². The van der Waals surface area contributed by atoms with Crippen molar-refractivity contribution in [3.63, 3.8) is 0 Å². The van der Waals surface area contributed by atoms with E-state index in [4.69, 9.17) is 0 Å². The normalized spacial score (nSPS) is 37.9. The van der Waals surface area contributed by atoms with Crippen molar-refractivity contribution < 1.29 is 4.79 Å². The SMILES string of the molecule is CN1CC[C@@H]2C(=O)CCC[C@H]2C1. The number of rotatable bonds is 0. The van der Waals surface area contributed by atoms with Gasteiger partial charge in [0, 0.05) is 18.9 Å². The smallest absolute Gasteiger partial charge is 0.136 e. The van der Waals surface area contributed by atoms with Crippen LogP contribution in [0.5, 0.6) is 0 Å². The van der Waals surface area contributed by atoms with E-state index in [2.05, 4.69) is 11.9 Å². The van der Waals surface area contributed by atoms with Crippen LogP contribution in [-0.2, 0) is 4.79 Å². The molecule has 0 N–H and O–H groups in total. The standard InChI is InChI=1S/C10H17NO/c1-11-6-5-9-8(7-11)3-2-4-10(9)12/h8-9H,2-7H2,1H3/t8-,9-/m0/s1. The van der Waals surface area contributed by atoms with Crippen LogP contribution in [0.3, 0.4) is 0 Å². The minimum absolute atomic E-state index is 0.426. The molecule has 68 valence electrons. The van der Waals surface area contributed by atoms with Crippen LogP contribution in [0.25, 0.3) is 0 Å². The van der Waals surface area contributed by atoms with Crippen LogP contribution in [0.1, 0.15) is 25.7 Å². The zero-order valence-electron chi connectivity index (χ0n) is 7.75. The molecule has 0 aromatic carbocycles. The number of Topliss-reactive ketones (excluding diaryl/α,β-unsaturated/α-hetero) is 1. The summed E-state index contributed by atoms with van der Waals surface area (Å²) in [5, 5.41) is 0. The summed E-state index contributed by atoms with van der Waals surface area (Å²) >= 11 is 0. The third-order valence-corrected chi connectivity index (χ3v) is 3.35. The van der Waals surface area contributed by atoms with Crippen LogP contribution in [0.15, 0.2) is 0 Å². The van der Waals surface area contributed by atoms with Crippen molar-refractivity contribution >= 4 is 5.78 Å². The molecule has 1 saturated heterocycles. The highest BCUT2D eigenvalue weighted by Crippen LogP contribution is 2.33. The Labute approximate surface area is 73.9 Å². The summed E-state index contributed by atoms with van der Waals surface area (Å²) in [6.07, 6.45) is 4.37. The first kappa shape index (κ1) is 8.24. The van der Waals surface area contributed by atoms with Gasteiger partial charge in [0.05, 0.1) is 0 Å². The number of nitrogens with zero attached hydrogens (tertiary/aromatic N) is 1. The van der Waals surface area contributed by atoms with Crippen molar-refractivity contribution in [3.05, 3.63) is 0 Å². The summed E-state index contributed by atoms with van der Waals surface area (Å²) in [7, 11) is 2.16. The Morgan fingerprint density at radius 1 is 1.42 bits per heavy atom. The van der Waals surface area contributed by atoms with Gasteiger partial charge in [0.1, 0.15) is 5.78 Å². The number of hydrogen-bond acceptors (Lipinski definition) is 2. The summed E-state index contributed by atoms with van der Waals surface area (Å²) in [5.41, 5.74) is 0. The van der Waals surface area contributed by atoms with E-state index in [1.54, 1.807) is 0 Å². The van der Waals surface area contributed by atoms with Gasteiger partial charge in [0.15, 0.2) is 0 Å². The van der Waals surface area contributed by atoms with E-state index >= 15 is 0 Å². The van der Waals surface area contributed by atoms with Gasteiger partial charge in [-0.3, -0.25) is 4.79 Å². The molecule has 1 saturated carbocycles. The molecule has 1 heterocycles. The number of carbonyl (C=O) groups excluding carboxylic acids is 1. The number of hydrogen-bond donors (Lipinski definition) is 0. The van der Waals surface area contributed by atoms with Gasteiger partial charge in [-0.1, -0.05) is 0 Å². The molecule has 2 heteroatoms. The van der Waals surface area contributed by atoms with E-state index < -0.39 is 0 Å². The van der Waals surface area contributed by atoms with Crippen molar-refractivity contribution in [2.45, 2.75) is 25.7 Å². The largest absolute Gasteiger partial charge is 0.306 e. The third-order valence-electron chi connectivity index (χ3n) is 3.35. The molecule has 2 rings (SSSR count). The van der Waals surface area contributed by atoms with Gasteiger partial charge in [-0.25, -0.2) is 0 Å². The Bertz CT molecular complexity index is 190. The summed E-state index contributed by atoms with van der Waals surface area (Å²) in [6.45, 7) is 2.27. The van der Waals surface area contributed by atoms with Gasteiger partial charge >= 0.3 is 0 Å². The van der Waals surface area contributed by atoms with Crippen molar-refractivity contribution in [1.29, 1.82) is 0 Å². The summed E-state index contributed by atoms with van der Waals surface area (Å²) < 4.78 is 0. The number of carbonyl (C=O) groups is 1. The van der Waals surface area contributed by atoms with E-state index in [0.29, 0.717) is 17.6 Å². The maximum atomic E-state index is 11.5. The van der Waals surface area contributed by atoms with Gasteiger partial charge in [-0.2, -0.15) is 0 Å². The summed E-state index contributed by atoms with van der Waals surface area (Å²) in [5.74, 6) is 1.65. The molecule has 2 fully saturated rings. The number of likely N-dealkylation sites (tertiary alicyclic amines) is 1. The van der Waals surface area contributed by atoms with Crippen LogP contribution in [-0.4, -0.2) is 30.8 Å². The fourth-order valence-corrected chi connectivity index (χ4v) is 2.65. The van der Waals surface area contributed by atoms with E-state index in [1.165, 1.54) is 6.42 Å². The highest BCUT2D eigenvalue weighted by molar-refractivity contribution is 5.82. The first-order valence-corrected chi connectivity index (χ1v) is 4.98. The quantitative estimate of drug-likeness (QED) is 0.542. The van der Waals surface area contributed by atoms with Crippen LogP contribution in [0.4, 0.5) is 0 Å². The first-order chi connectivity index (χ1) is 5.77. The monoisotopic (exact) mass is 167 g/mol. The fourth-order valence-electron chi connectivity index (χ4n) is 2.65. The predicted octanol–water partition coefficient (Wildman–Crippen LogP) is 1.31. The van der Waals surface area contributed by atoms with Gasteiger partial charge in [-0.05, 0) is 38.8 Å². The predicted molar refractivity (Wildman–Crippen MR) is 48.0 cm³/mol. The molecule has 0 aromatic rings. The van der Waals surface area contributed by atoms with Gasteiger partial charge < -0.3 is 4.90 Å². The Kier molecular flexibility index (Phi) is 2.18. The molecule has 0 unspecified atom stereocenters. The zero-order valence-corrected chi connectivity index (χ0v) is 7.75. The van der Waals surface area contributed by atoms with Crippen molar-refractivity contribution in [2.75, 3.05) is 20.1 Å². The maximum Gasteiger partial charge on any atom is 0.136 e. The number of fused-ring (bicyclic) bond motifs is 1. The molecule has 0 radical (unpaired) electrons. The van der Waals surface area contributed by atoms with Crippen LogP contribution < -0.4 is 0 Å². The molecule has 1 aliphatic carbocycles. The second-order valence-electron chi connectivity index (χ2n) is 4.28. The molecule has 0 amide bonds. The Balaban J connectivity index is 2.04. The number of ketones is 1. The topological polar surface area (TPSA) is 20.3 Å². The molecule has 2 aliphatic rings. The second kappa shape index (κ2) is 3.17. The summed E-state index contributed by atoms with van der Waals surface area (Å²) in [6, 6.07) is 0. The van der Waals surface area contributed by atoms with Crippen LogP contribution in [0.2, 0.25) is 0 Å². The van der Waals surface area contributed by atoms with E-state index in [0.717, 1.165) is 32.4 Å². The van der Waals surface area contributed by atoms with E-state index in [9.17, 15) is 4.79 Å². The summed E-state index contributed by atoms with van der Waals surface area (Å²) in [4.78, 5) is 13.9. The first-order valence-electron chi connectivity index (χ1n) is 4.98. The Hall–Kier alpha value is -0.370. The molecule has 0 spiro atoms. The molecule has 12 heavy (non-hydrogen) atoms. The lowest BCUT2D eigenvalue weighted by atomic mass is 9.74. The highest BCUT2D eigenvalue weighted by atomic mass is 16.1. The van der Waals surface area contributed by atoms with Crippen LogP contribution in [0, 0.1) is 11.8 Å². The highest BCUT2D eigenvalue weighted by Gasteiger charge is 2.34. The van der Waals surface area contributed by atoms with Crippen molar-refractivity contribution in [2.24, 2.45) is 11.8 Å². The zero-order chi connectivity index (χ0) is 8.55. The van der Waals surface area contributed by atoms with Gasteiger partial charge in [0.25, 0.3) is 0 Å². The maximum absolute atomic E-state index is 11.5. The van der Waals surface area contributed by atoms with Crippen molar-refractivity contribution in [1.82, 2.24) is 4.90 Å². The number of piperidine rings is 1. The minimum atomic E-state index is 0.426. The van der Waals surface area contributed by atoms with E-state index in [-0.39, 0.29) is 0 Å². The lowest BCUT2D eigenvalue weighted by molar-refractivity contribution is -0.128. The molecule has 2 atom stereocenters. The van der Waals surface area contributed by atoms with E-state index in [1.807, 2.05) is 0 Å². The van der Waals surface area contributed by atoms with Crippen LogP contribution >= 0.6 is 0 Å². The average molecular weight is 167 g/mol. The molecule has 0 aromatic heterocycles. The molecule has 1 aliphatic heterocycles. The molecular formula is C10H17NO. The Morgan fingerprint density at radius 2 is 2.25 bits per heavy atom. The fraction of sp³-hybridized carbons (Fsp3) is 0.900. The minimum Gasteiger partial charge on any atom is -0.306 e. The molecule has 0 bridgehead atoms. The molecular weight excluding hydrogens is 150 g/mol. The average Bonchev–Trinajstić information content (AvgIpc) is 2.04.